The molecule has 1 heterocycles. The molecule has 1 amide bonds. The largest absolute Gasteiger partial charge is 0.479 e. The van der Waals surface area contributed by atoms with E-state index in [1.165, 1.54) is 4.90 Å². The Labute approximate surface area is 112 Å². The first kappa shape index (κ1) is 13.2. The van der Waals surface area contributed by atoms with Crippen LogP contribution in [0.1, 0.15) is 19.3 Å². The van der Waals surface area contributed by atoms with Crippen LogP contribution in [0.25, 0.3) is 0 Å². The molecule has 5 heteroatoms. The lowest BCUT2D eigenvalue weighted by atomic mass is 9.97. The first-order chi connectivity index (χ1) is 8.63. The van der Waals surface area contributed by atoms with E-state index in [0.29, 0.717) is 25.1 Å². The molecule has 2 rings (SSSR count). The number of hydrogen-bond acceptors (Lipinski definition) is 3. The first-order valence-electron chi connectivity index (χ1n) is 6.10. The first-order valence-corrected chi connectivity index (χ1v) is 6.73. The second kappa shape index (κ2) is 5.61. The molecule has 1 saturated heterocycles. The lowest BCUT2D eigenvalue weighted by Gasteiger charge is -2.27. The normalized spacial score (nSPS) is 25.2. The van der Waals surface area contributed by atoms with Crippen LogP contribution >= 0.6 is 12.6 Å². The smallest absolute Gasteiger partial charge is 0.330 e. The van der Waals surface area contributed by atoms with E-state index in [-0.39, 0.29) is 11.8 Å². The summed E-state index contributed by atoms with van der Waals surface area (Å²) in [6, 6.07) is -0.799. The van der Waals surface area contributed by atoms with Gasteiger partial charge in [0.2, 0.25) is 5.91 Å². The van der Waals surface area contributed by atoms with Gasteiger partial charge >= 0.3 is 5.97 Å². The topological polar surface area (TPSA) is 57.6 Å². The van der Waals surface area contributed by atoms with E-state index < -0.39 is 12.0 Å². The Morgan fingerprint density at radius 1 is 1.56 bits per heavy atom. The van der Waals surface area contributed by atoms with Crippen molar-refractivity contribution in [3.63, 3.8) is 0 Å². The highest BCUT2D eigenvalue weighted by Gasteiger charge is 2.38. The van der Waals surface area contributed by atoms with Gasteiger partial charge in [-0.05, 0) is 30.1 Å². The molecule has 0 bridgehead atoms. The standard InChI is InChI=1S/C13H17NO3S/c15-11-6-9(8-18)7-14(11)12(13(16)17)10-4-2-1-3-5-10/h1-2,5,9,12,18H,3-4,6-8H2,(H,16,17)/t9?,12-/m1/s1. The SMILES string of the molecule is O=C(O)[C@@H](C1=CCC=CC1)N1CC(CS)CC1=O. The van der Waals surface area contributed by atoms with Crippen molar-refractivity contribution in [2.75, 3.05) is 12.3 Å². The van der Waals surface area contributed by atoms with Gasteiger partial charge in [-0.1, -0.05) is 18.2 Å². The Morgan fingerprint density at radius 3 is 2.83 bits per heavy atom. The van der Waals surface area contributed by atoms with E-state index in [9.17, 15) is 14.7 Å². The highest BCUT2D eigenvalue weighted by molar-refractivity contribution is 7.80. The van der Waals surface area contributed by atoms with Crippen molar-refractivity contribution in [3.05, 3.63) is 23.8 Å². The van der Waals surface area contributed by atoms with Crippen molar-refractivity contribution in [2.24, 2.45) is 5.92 Å². The minimum atomic E-state index is -0.940. The number of carboxylic acids is 1. The minimum Gasteiger partial charge on any atom is -0.479 e. The molecule has 0 radical (unpaired) electrons. The molecule has 1 unspecified atom stereocenters. The molecule has 0 aromatic carbocycles. The quantitative estimate of drug-likeness (QED) is 0.599. The third kappa shape index (κ3) is 2.61. The maximum Gasteiger partial charge on any atom is 0.330 e. The average molecular weight is 267 g/mol. The van der Waals surface area contributed by atoms with Gasteiger partial charge in [-0.15, -0.1) is 0 Å². The minimum absolute atomic E-state index is 0.0723. The summed E-state index contributed by atoms with van der Waals surface area (Å²) in [7, 11) is 0. The number of hydrogen-bond donors (Lipinski definition) is 2. The van der Waals surface area contributed by atoms with Crippen molar-refractivity contribution in [1.29, 1.82) is 0 Å². The van der Waals surface area contributed by atoms with Crippen LogP contribution in [0.4, 0.5) is 0 Å². The molecule has 0 aromatic heterocycles. The maximum atomic E-state index is 11.9. The Morgan fingerprint density at radius 2 is 2.33 bits per heavy atom. The molecule has 1 aliphatic carbocycles. The summed E-state index contributed by atoms with van der Waals surface area (Å²) in [6.45, 7) is 0.500. The Balaban J connectivity index is 2.18. The second-order valence-electron chi connectivity index (χ2n) is 4.73. The molecule has 0 aromatic rings. The van der Waals surface area contributed by atoms with Crippen LogP contribution in [0.5, 0.6) is 0 Å². The van der Waals surface area contributed by atoms with Gasteiger partial charge in [0.15, 0.2) is 6.04 Å². The molecule has 2 aliphatic rings. The lowest BCUT2D eigenvalue weighted by Crippen LogP contribution is -2.43. The molecule has 98 valence electrons. The van der Waals surface area contributed by atoms with Crippen molar-refractivity contribution >= 4 is 24.5 Å². The van der Waals surface area contributed by atoms with Crippen LogP contribution in [-0.4, -0.2) is 40.2 Å². The average Bonchev–Trinajstić information content (AvgIpc) is 2.72. The van der Waals surface area contributed by atoms with Gasteiger partial charge in [-0.25, -0.2) is 4.79 Å². The third-order valence-corrected chi connectivity index (χ3v) is 3.95. The molecule has 2 atom stereocenters. The number of amides is 1. The van der Waals surface area contributed by atoms with Crippen LogP contribution < -0.4 is 0 Å². The van der Waals surface area contributed by atoms with E-state index in [2.05, 4.69) is 12.6 Å². The Bertz CT molecular complexity index is 416. The molecule has 4 nitrogen and oxygen atoms in total. The number of carbonyl (C=O) groups is 2. The van der Waals surface area contributed by atoms with Crippen molar-refractivity contribution < 1.29 is 14.7 Å². The highest BCUT2D eigenvalue weighted by Crippen LogP contribution is 2.27. The van der Waals surface area contributed by atoms with Crippen LogP contribution in [0, 0.1) is 5.92 Å². The highest BCUT2D eigenvalue weighted by atomic mass is 32.1. The van der Waals surface area contributed by atoms with E-state index in [1.807, 2.05) is 18.2 Å². The van der Waals surface area contributed by atoms with Crippen LogP contribution in [0.15, 0.2) is 23.8 Å². The van der Waals surface area contributed by atoms with Gasteiger partial charge in [0.25, 0.3) is 0 Å². The zero-order valence-corrected chi connectivity index (χ0v) is 11.0. The van der Waals surface area contributed by atoms with Crippen LogP contribution in [0.3, 0.4) is 0 Å². The summed E-state index contributed by atoms with van der Waals surface area (Å²) in [5.41, 5.74) is 0.818. The van der Waals surface area contributed by atoms with Gasteiger partial charge < -0.3 is 10.0 Å². The number of nitrogens with zero attached hydrogens (tertiary/aromatic N) is 1. The Hall–Kier alpha value is -1.23. The number of rotatable bonds is 4. The summed E-state index contributed by atoms with van der Waals surface area (Å²) in [5.74, 6) is -0.225. The maximum absolute atomic E-state index is 11.9. The van der Waals surface area contributed by atoms with Crippen molar-refractivity contribution in [3.8, 4) is 0 Å². The number of likely N-dealkylation sites (tertiary alicyclic amines) is 1. The third-order valence-electron chi connectivity index (χ3n) is 3.43. The summed E-state index contributed by atoms with van der Waals surface area (Å²) >= 11 is 4.19. The molecular formula is C13H17NO3S. The van der Waals surface area contributed by atoms with Gasteiger partial charge in [0.1, 0.15) is 0 Å². The molecule has 1 aliphatic heterocycles. The zero-order valence-electron chi connectivity index (χ0n) is 10.1. The predicted molar refractivity (Wildman–Crippen MR) is 71.6 cm³/mol. The van der Waals surface area contributed by atoms with Gasteiger partial charge in [0, 0.05) is 13.0 Å². The Kier molecular flexibility index (Phi) is 4.11. The number of allylic oxidation sites excluding steroid dienone is 3. The fourth-order valence-corrected chi connectivity index (χ4v) is 2.76. The number of carboxylic acid groups (broad SMARTS) is 1. The van der Waals surface area contributed by atoms with E-state index in [1.54, 1.807) is 0 Å². The molecular weight excluding hydrogens is 250 g/mol. The monoisotopic (exact) mass is 267 g/mol. The van der Waals surface area contributed by atoms with Gasteiger partial charge in [-0.3, -0.25) is 4.79 Å². The summed E-state index contributed by atoms with van der Waals surface area (Å²) < 4.78 is 0. The second-order valence-corrected chi connectivity index (χ2v) is 5.10. The van der Waals surface area contributed by atoms with E-state index >= 15 is 0 Å². The predicted octanol–water partition coefficient (Wildman–Crippen LogP) is 1.49. The van der Waals surface area contributed by atoms with Crippen LogP contribution in [-0.2, 0) is 9.59 Å². The zero-order chi connectivity index (χ0) is 13.1. The molecule has 1 fully saturated rings. The summed E-state index contributed by atoms with van der Waals surface area (Å²) in [6.07, 6.45) is 7.66. The summed E-state index contributed by atoms with van der Waals surface area (Å²) in [4.78, 5) is 24.9. The van der Waals surface area contributed by atoms with Gasteiger partial charge in [0.05, 0.1) is 0 Å². The fraction of sp³-hybridized carbons (Fsp3) is 0.538. The van der Waals surface area contributed by atoms with Crippen LogP contribution in [0.2, 0.25) is 0 Å². The molecule has 1 N–H and O–H groups in total. The van der Waals surface area contributed by atoms with Crippen molar-refractivity contribution in [2.45, 2.75) is 25.3 Å². The van der Waals surface area contributed by atoms with Crippen molar-refractivity contribution in [1.82, 2.24) is 4.90 Å². The van der Waals surface area contributed by atoms with Gasteiger partial charge in [-0.2, -0.15) is 12.6 Å². The fourth-order valence-electron chi connectivity index (χ4n) is 2.51. The van der Waals surface area contributed by atoms with E-state index in [4.69, 9.17) is 0 Å². The molecule has 0 spiro atoms. The molecule has 0 saturated carbocycles. The number of aliphatic carboxylic acids is 1. The number of thiol groups is 1. The number of carbonyl (C=O) groups excluding carboxylic acids is 1. The van der Waals surface area contributed by atoms with E-state index in [0.717, 1.165) is 12.0 Å². The summed E-state index contributed by atoms with van der Waals surface area (Å²) in [5, 5.41) is 9.38. The lowest BCUT2D eigenvalue weighted by molar-refractivity contribution is -0.146. The molecule has 18 heavy (non-hydrogen) atoms.